The van der Waals surface area contributed by atoms with Gasteiger partial charge in [0, 0.05) is 51.2 Å². The number of carbonyl (C=O) groups excluding carboxylic acids is 2. The van der Waals surface area contributed by atoms with Crippen molar-refractivity contribution in [1.82, 2.24) is 9.80 Å². The largest absolute Gasteiger partial charge is 0.427 e. The van der Waals surface area contributed by atoms with Gasteiger partial charge in [-0.25, -0.2) is 0 Å². The van der Waals surface area contributed by atoms with Gasteiger partial charge in [0.15, 0.2) is 0 Å². The standard InChI is InChI=1S/C30H38N2O4/c1-22(33)36-27-11-7-10-25(18-27)29-16-17-32(20-23-12-13-23)21-30(29,35-3)15-14-26(19-29)31(2)28(34)24-8-5-4-6-9-24/h4-11,18,23,26H,12-17,19-21H2,1-3H3. The van der Waals surface area contributed by atoms with Crippen molar-refractivity contribution in [3.63, 3.8) is 0 Å². The van der Waals surface area contributed by atoms with Gasteiger partial charge in [0.25, 0.3) is 5.91 Å². The molecule has 192 valence electrons. The second-order valence-electron chi connectivity index (χ2n) is 11.0. The molecule has 2 aromatic carbocycles. The second kappa shape index (κ2) is 9.98. The molecule has 2 aromatic rings. The van der Waals surface area contributed by atoms with E-state index >= 15 is 0 Å². The quantitative estimate of drug-likeness (QED) is 0.417. The van der Waals surface area contributed by atoms with Crippen molar-refractivity contribution in [2.24, 2.45) is 5.92 Å². The summed E-state index contributed by atoms with van der Waals surface area (Å²) in [5, 5.41) is 0. The molecule has 0 N–H and O–H groups in total. The Morgan fingerprint density at radius 3 is 2.53 bits per heavy atom. The van der Waals surface area contributed by atoms with Gasteiger partial charge < -0.3 is 19.3 Å². The number of rotatable bonds is 7. The topological polar surface area (TPSA) is 59.1 Å². The summed E-state index contributed by atoms with van der Waals surface area (Å²) in [6, 6.07) is 17.6. The van der Waals surface area contributed by atoms with E-state index in [9.17, 15) is 9.59 Å². The Bertz CT molecular complexity index is 1100. The van der Waals surface area contributed by atoms with E-state index in [2.05, 4.69) is 11.0 Å². The molecular weight excluding hydrogens is 452 g/mol. The summed E-state index contributed by atoms with van der Waals surface area (Å²) in [4.78, 5) is 29.6. The Labute approximate surface area is 214 Å². The van der Waals surface area contributed by atoms with Crippen LogP contribution in [-0.2, 0) is 14.9 Å². The third-order valence-electron chi connectivity index (χ3n) is 8.81. The van der Waals surface area contributed by atoms with Crippen molar-refractivity contribution in [3.8, 4) is 5.75 Å². The van der Waals surface area contributed by atoms with Crippen LogP contribution in [-0.4, -0.2) is 67.1 Å². The Hall–Kier alpha value is -2.70. The lowest BCUT2D eigenvalue weighted by Gasteiger charge is -2.60. The highest BCUT2D eigenvalue weighted by molar-refractivity contribution is 5.94. The van der Waals surface area contributed by atoms with Crippen molar-refractivity contribution >= 4 is 11.9 Å². The van der Waals surface area contributed by atoms with Gasteiger partial charge in [0.05, 0.1) is 5.60 Å². The average Bonchev–Trinajstić information content (AvgIpc) is 3.71. The predicted molar refractivity (Wildman–Crippen MR) is 139 cm³/mol. The first-order chi connectivity index (χ1) is 17.4. The number of fused-ring (bicyclic) bond motifs is 1. The fourth-order valence-corrected chi connectivity index (χ4v) is 6.69. The lowest BCUT2D eigenvalue weighted by Crippen LogP contribution is -2.68. The van der Waals surface area contributed by atoms with Gasteiger partial charge in [0.2, 0.25) is 0 Å². The van der Waals surface area contributed by atoms with Crippen LogP contribution in [0, 0.1) is 5.92 Å². The summed E-state index contributed by atoms with van der Waals surface area (Å²) >= 11 is 0. The number of likely N-dealkylation sites (tertiary alicyclic amines) is 1. The van der Waals surface area contributed by atoms with E-state index < -0.39 is 0 Å². The zero-order valence-electron chi connectivity index (χ0n) is 21.7. The fraction of sp³-hybridized carbons (Fsp3) is 0.533. The number of benzene rings is 2. The Morgan fingerprint density at radius 2 is 1.83 bits per heavy atom. The molecule has 3 aliphatic rings. The van der Waals surface area contributed by atoms with Crippen LogP contribution in [0.5, 0.6) is 5.75 Å². The maximum atomic E-state index is 13.4. The van der Waals surface area contributed by atoms with Crippen LogP contribution in [0.3, 0.4) is 0 Å². The molecule has 1 aliphatic heterocycles. The lowest BCUT2D eigenvalue weighted by atomic mass is 9.55. The monoisotopic (exact) mass is 490 g/mol. The zero-order chi connectivity index (χ0) is 25.3. The normalized spacial score (nSPS) is 28.2. The van der Waals surface area contributed by atoms with Gasteiger partial charge in [-0.2, -0.15) is 0 Å². The lowest BCUT2D eigenvalue weighted by molar-refractivity contribution is -0.153. The van der Waals surface area contributed by atoms with Gasteiger partial charge >= 0.3 is 5.97 Å². The molecule has 1 heterocycles. The van der Waals surface area contributed by atoms with Crippen LogP contribution in [0.2, 0.25) is 0 Å². The van der Waals surface area contributed by atoms with Gasteiger partial charge in [-0.05, 0) is 80.8 Å². The summed E-state index contributed by atoms with van der Waals surface area (Å²) in [5.74, 6) is 1.12. The summed E-state index contributed by atoms with van der Waals surface area (Å²) in [6.07, 6.45) is 6.20. The maximum absolute atomic E-state index is 13.4. The van der Waals surface area contributed by atoms with Crippen molar-refractivity contribution < 1.29 is 19.1 Å². The number of nitrogens with zero attached hydrogens (tertiary/aromatic N) is 2. The van der Waals surface area contributed by atoms with Crippen molar-refractivity contribution in [3.05, 3.63) is 65.7 Å². The van der Waals surface area contributed by atoms with Gasteiger partial charge in [-0.1, -0.05) is 30.3 Å². The van der Waals surface area contributed by atoms with E-state index in [-0.39, 0.29) is 28.9 Å². The van der Waals surface area contributed by atoms with E-state index in [1.165, 1.54) is 19.8 Å². The molecule has 5 rings (SSSR count). The molecule has 1 saturated heterocycles. The number of hydrogen-bond donors (Lipinski definition) is 0. The minimum atomic E-state index is -0.359. The fourth-order valence-electron chi connectivity index (χ4n) is 6.69. The molecule has 2 aliphatic carbocycles. The van der Waals surface area contributed by atoms with E-state index in [1.54, 1.807) is 0 Å². The van der Waals surface area contributed by atoms with Gasteiger partial charge in [-0.15, -0.1) is 0 Å². The van der Waals surface area contributed by atoms with E-state index in [0.717, 1.165) is 56.8 Å². The van der Waals surface area contributed by atoms with Crippen molar-refractivity contribution in [2.45, 2.75) is 62.5 Å². The molecule has 0 radical (unpaired) electrons. The zero-order valence-corrected chi connectivity index (χ0v) is 21.7. The second-order valence-corrected chi connectivity index (χ2v) is 11.0. The molecule has 6 heteroatoms. The van der Waals surface area contributed by atoms with Crippen LogP contribution < -0.4 is 4.74 Å². The molecular formula is C30H38N2O4. The molecule has 6 nitrogen and oxygen atoms in total. The third-order valence-corrected chi connectivity index (χ3v) is 8.81. The Kier molecular flexibility index (Phi) is 6.92. The number of amides is 1. The van der Waals surface area contributed by atoms with Gasteiger partial charge in [-0.3, -0.25) is 9.59 Å². The number of carbonyl (C=O) groups is 2. The van der Waals surface area contributed by atoms with E-state index in [0.29, 0.717) is 11.3 Å². The summed E-state index contributed by atoms with van der Waals surface area (Å²) in [5.41, 5.74) is 1.21. The van der Waals surface area contributed by atoms with Crippen LogP contribution in [0.25, 0.3) is 0 Å². The average molecular weight is 491 g/mol. The molecule has 0 bridgehead atoms. The number of methoxy groups -OCH3 is 1. The molecule has 36 heavy (non-hydrogen) atoms. The highest BCUT2D eigenvalue weighted by atomic mass is 16.5. The molecule has 1 amide bonds. The molecule has 0 spiro atoms. The summed E-state index contributed by atoms with van der Waals surface area (Å²) < 4.78 is 12.0. The number of hydrogen-bond acceptors (Lipinski definition) is 5. The molecule has 3 fully saturated rings. The van der Waals surface area contributed by atoms with E-state index in [1.807, 2.05) is 67.6 Å². The van der Waals surface area contributed by atoms with Crippen LogP contribution in [0.15, 0.2) is 54.6 Å². The predicted octanol–water partition coefficient (Wildman–Crippen LogP) is 4.68. The number of piperidine rings is 1. The Balaban J connectivity index is 1.50. The molecule has 2 saturated carbocycles. The van der Waals surface area contributed by atoms with Crippen LogP contribution in [0.1, 0.15) is 61.4 Å². The van der Waals surface area contributed by atoms with Crippen LogP contribution >= 0.6 is 0 Å². The maximum Gasteiger partial charge on any atom is 0.308 e. The van der Waals surface area contributed by atoms with Crippen molar-refractivity contribution in [2.75, 3.05) is 33.8 Å². The Morgan fingerprint density at radius 1 is 1.06 bits per heavy atom. The first-order valence-corrected chi connectivity index (χ1v) is 13.2. The highest BCUT2D eigenvalue weighted by Gasteiger charge is 2.59. The minimum absolute atomic E-state index is 0.0560. The highest BCUT2D eigenvalue weighted by Crippen LogP contribution is 2.55. The third kappa shape index (κ3) is 4.69. The van der Waals surface area contributed by atoms with Crippen LogP contribution in [0.4, 0.5) is 0 Å². The summed E-state index contributed by atoms with van der Waals surface area (Å²) in [7, 11) is 3.79. The number of ether oxygens (including phenoxy) is 2. The molecule has 3 atom stereocenters. The van der Waals surface area contributed by atoms with Gasteiger partial charge in [0.1, 0.15) is 5.75 Å². The first kappa shape index (κ1) is 25.0. The smallest absolute Gasteiger partial charge is 0.308 e. The van der Waals surface area contributed by atoms with E-state index in [4.69, 9.17) is 9.47 Å². The number of esters is 1. The minimum Gasteiger partial charge on any atom is -0.427 e. The SMILES string of the molecule is COC12CCC(N(C)C(=O)c3ccccc3)CC1(c1cccc(OC(C)=O)c1)CCN(CC1CC1)C2. The molecule has 3 unspecified atom stereocenters. The van der Waals surface area contributed by atoms with Crippen molar-refractivity contribution in [1.29, 1.82) is 0 Å². The molecule has 0 aromatic heterocycles. The summed E-state index contributed by atoms with van der Waals surface area (Å²) in [6.45, 7) is 4.47. The first-order valence-electron chi connectivity index (χ1n) is 13.2.